The molecule has 0 bridgehead atoms. The van der Waals surface area contributed by atoms with Gasteiger partial charge in [-0.2, -0.15) is 0 Å². The summed E-state index contributed by atoms with van der Waals surface area (Å²) in [6, 6.07) is 12.4. The van der Waals surface area contributed by atoms with E-state index in [1.54, 1.807) is 0 Å². The Morgan fingerprint density at radius 3 is 2.87 bits per heavy atom. The molecule has 1 atom stereocenters. The van der Waals surface area contributed by atoms with E-state index in [0.717, 1.165) is 66.4 Å². The fourth-order valence-electron chi connectivity index (χ4n) is 3.87. The third kappa shape index (κ3) is 4.14. The highest BCUT2D eigenvalue weighted by Crippen LogP contribution is 2.28. The first kappa shape index (κ1) is 19.0. The molecule has 2 aliphatic rings. The fourth-order valence-corrected chi connectivity index (χ4v) is 3.87. The van der Waals surface area contributed by atoms with Crippen molar-refractivity contribution in [3.05, 3.63) is 53.7 Å². The first-order chi connectivity index (χ1) is 14.7. The van der Waals surface area contributed by atoms with E-state index in [0.29, 0.717) is 17.6 Å². The molecule has 2 heterocycles. The van der Waals surface area contributed by atoms with Gasteiger partial charge >= 0.3 is 0 Å². The molecule has 1 aliphatic carbocycles. The Morgan fingerprint density at radius 2 is 2.07 bits per heavy atom. The number of carbonyl (C=O) groups is 1. The molecular formula is C24H26N4O2. The number of nitrogens with one attached hydrogen (secondary N) is 2. The van der Waals surface area contributed by atoms with Crippen LogP contribution in [0.5, 0.6) is 0 Å². The summed E-state index contributed by atoms with van der Waals surface area (Å²) in [6.45, 7) is 3.64. The van der Waals surface area contributed by atoms with Gasteiger partial charge in [0.05, 0.1) is 11.6 Å². The maximum Gasteiger partial charge on any atom is 0.251 e. The van der Waals surface area contributed by atoms with E-state index in [9.17, 15) is 4.79 Å². The van der Waals surface area contributed by atoms with Gasteiger partial charge in [-0.25, -0.2) is 9.97 Å². The normalized spacial score (nSPS) is 18.5. The van der Waals surface area contributed by atoms with Gasteiger partial charge in [0.1, 0.15) is 0 Å². The number of hydrogen-bond donors (Lipinski definition) is 2. The van der Waals surface area contributed by atoms with Crippen LogP contribution in [0.1, 0.15) is 41.6 Å². The first-order valence-electron chi connectivity index (χ1n) is 10.7. The molecule has 1 amide bonds. The second-order valence-electron chi connectivity index (χ2n) is 8.26. The zero-order chi connectivity index (χ0) is 20.5. The fraction of sp³-hybridized carbons (Fsp3) is 0.375. The van der Waals surface area contributed by atoms with E-state index >= 15 is 0 Å². The van der Waals surface area contributed by atoms with E-state index in [2.05, 4.69) is 39.7 Å². The third-order valence-corrected chi connectivity index (χ3v) is 5.81. The maximum absolute atomic E-state index is 12.4. The van der Waals surface area contributed by atoms with Crippen LogP contribution in [0.3, 0.4) is 0 Å². The number of ether oxygens (including phenoxy) is 1. The maximum atomic E-state index is 12.4. The van der Waals surface area contributed by atoms with Crippen LogP contribution in [0.2, 0.25) is 0 Å². The Hall–Kier alpha value is -2.99. The van der Waals surface area contributed by atoms with Crippen molar-refractivity contribution in [1.29, 1.82) is 0 Å². The molecule has 1 aliphatic heterocycles. The Kier molecular flexibility index (Phi) is 5.09. The highest BCUT2D eigenvalue weighted by Gasteiger charge is 2.24. The lowest BCUT2D eigenvalue weighted by Gasteiger charge is -2.12. The number of nitrogens with zero attached hydrogens (tertiary/aromatic N) is 2. The quantitative estimate of drug-likeness (QED) is 0.650. The smallest absolute Gasteiger partial charge is 0.251 e. The third-order valence-electron chi connectivity index (χ3n) is 5.81. The predicted molar refractivity (Wildman–Crippen MR) is 118 cm³/mol. The lowest BCUT2D eigenvalue weighted by atomic mass is 9.97. The van der Waals surface area contributed by atoms with Gasteiger partial charge in [-0.3, -0.25) is 4.79 Å². The summed E-state index contributed by atoms with van der Waals surface area (Å²) >= 11 is 0. The van der Waals surface area contributed by atoms with Gasteiger partial charge < -0.3 is 15.4 Å². The Labute approximate surface area is 176 Å². The van der Waals surface area contributed by atoms with Crippen LogP contribution >= 0.6 is 0 Å². The van der Waals surface area contributed by atoms with E-state index < -0.39 is 0 Å². The van der Waals surface area contributed by atoms with Crippen LogP contribution in [0.25, 0.3) is 22.0 Å². The Bertz CT molecular complexity index is 1090. The summed E-state index contributed by atoms with van der Waals surface area (Å²) in [6.07, 6.45) is 6.47. The van der Waals surface area contributed by atoms with Crippen molar-refractivity contribution >= 4 is 22.8 Å². The van der Waals surface area contributed by atoms with Crippen molar-refractivity contribution in [3.63, 3.8) is 0 Å². The number of amides is 1. The van der Waals surface area contributed by atoms with E-state index in [1.807, 2.05) is 30.5 Å². The first-order valence-corrected chi connectivity index (χ1v) is 10.7. The molecule has 1 aromatic heterocycles. The minimum atomic E-state index is 0.00447. The number of aryl methyl sites for hydroxylation is 1. The summed E-state index contributed by atoms with van der Waals surface area (Å²) in [5, 5.41) is 7.32. The number of hydrogen-bond acceptors (Lipinski definition) is 5. The van der Waals surface area contributed by atoms with Crippen LogP contribution in [0.15, 0.2) is 42.6 Å². The van der Waals surface area contributed by atoms with Crippen molar-refractivity contribution in [2.24, 2.45) is 0 Å². The summed E-state index contributed by atoms with van der Waals surface area (Å²) < 4.78 is 5.64. The van der Waals surface area contributed by atoms with Crippen molar-refractivity contribution in [2.75, 3.05) is 18.5 Å². The van der Waals surface area contributed by atoms with Crippen LogP contribution in [-0.4, -0.2) is 41.2 Å². The van der Waals surface area contributed by atoms with Gasteiger partial charge in [0.25, 0.3) is 5.91 Å². The van der Waals surface area contributed by atoms with Crippen molar-refractivity contribution in [3.8, 4) is 11.1 Å². The van der Waals surface area contributed by atoms with Crippen LogP contribution in [0.4, 0.5) is 5.95 Å². The molecule has 6 heteroatoms. The molecule has 2 fully saturated rings. The molecule has 0 radical (unpaired) electrons. The average molecular weight is 402 g/mol. The zero-order valence-electron chi connectivity index (χ0n) is 17.1. The van der Waals surface area contributed by atoms with E-state index in [1.165, 1.54) is 0 Å². The van der Waals surface area contributed by atoms with Gasteiger partial charge in [-0.1, -0.05) is 12.1 Å². The summed E-state index contributed by atoms with van der Waals surface area (Å²) in [5.41, 5.74) is 4.84. The highest BCUT2D eigenvalue weighted by molar-refractivity contribution is 5.96. The number of anilines is 1. The number of carbonyl (C=O) groups excluding carboxylic acids is 1. The average Bonchev–Trinajstić information content (AvgIpc) is 3.42. The summed E-state index contributed by atoms with van der Waals surface area (Å²) in [7, 11) is 0. The number of benzene rings is 2. The van der Waals surface area contributed by atoms with Gasteiger partial charge in [-0.15, -0.1) is 0 Å². The molecule has 1 saturated carbocycles. The van der Waals surface area contributed by atoms with Gasteiger partial charge in [0, 0.05) is 36.3 Å². The van der Waals surface area contributed by atoms with E-state index in [4.69, 9.17) is 4.74 Å². The lowest BCUT2D eigenvalue weighted by Crippen LogP contribution is -2.25. The SMILES string of the molecule is Cc1ccc(C(=O)NC2CC2)cc1-c1ccc2nc(NCC3CCCO3)ncc2c1. The molecule has 6 nitrogen and oxygen atoms in total. The second kappa shape index (κ2) is 8.03. The predicted octanol–water partition coefficient (Wildman–Crippen LogP) is 4.09. The molecule has 30 heavy (non-hydrogen) atoms. The van der Waals surface area contributed by atoms with Crippen molar-refractivity contribution < 1.29 is 9.53 Å². The molecule has 1 saturated heterocycles. The van der Waals surface area contributed by atoms with Crippen LogP contribution in [0, 0.1) is 6.92 Å². The number of rotatable bonds is 6. The minimum absolute atomic E-state index is 0.00447. The summed E-state index contributed by atoms with van der Waals surface area (Å²) in [4.78, 5) is 21.6. The van der Waals surface area contributed by atoms with Crippen molar-refractivity contribution in [2.45, 2.75) is 44.8 Å². The summed E-state index contributed by atoms with van der Waals surface area (Å²) in [5.74, 6) is 0.630. The monoisotopic (exact) mass is 402 g/mol. The lowest BCUT2D eigenvalue weighted by molar-refractivity contribution is 0.0951. The second-order valence-corrected chi connectivity index (χ2v) is 8.26. The van der Waals surface area contributed by atoms with Gasteiger partial charge in [-0.05, 0) is 73.6 Å². The Balaban J connectivity index is 1.37. The molecule has 2 N–H and O–H groups in total. The van der Waals surface area contributed by atoms with E-state index in [-0.39, 0.29) is 12.0 Å². The number of fused-ring (bicyclic) bond motifs is 1. The molecule has 154 valence electrons. The molecular weight excluding hydrogens is 376 g/mol. The standard InChI is InChI=1S/C24H26N4O2/c1-15-4-5-17(23(29)27-19-7-8-19)12-21(15)16-6-9-22-18(11-16)13-25-24(28-22)26-14-20-3-2-10-30-20/h4-6,9,11-13,19-20H,2-3,7-8,10,14H2,1H3,(H,27,29)(H,25,26,28). The number of aromatic nitrogens is 2. The molecule has 5 rings (SSSR count). The largest absolute Gasteiger partial charge is 0.376 e. The minimum Gasteiger partial charge on any atom is -0.376 e. The highest BCUT2D eigenvalue weighted by atomic mass is 16.5. The molecule has 2 aromatic carbocycles. The molecule has 0 spiro atoms. The molecule has 3 aromatic rings. The topological polar surface area (TPSA) is 76.1 Å². The van der Waals surface area contributed by atoms with Crippen LogP contribution < -0.4 is 10.6 Å². The van der Waals surface area contributed by atoms with Crippen molar-refractivity contribution in [1.82, 2.24) is 15.3 Å². The van der Waals surface area contributed by atoms with Gasteiger partial charge in [0.15, 0.2) is 0 Å². The molecule has 1 unspecified atom stereocenters. The Morgan fingerprint density at radius 1 is 1.17 bits per heavy atom. The van der Waals surface area contributed by atoms with Gasteiger partial charge in [0.2, 0.25) is 5.95 Å². The zero-order valence-corrected chi connectivity index (χ0v) is 17.1. The van der Waals surface area contributed by atoms with Crippen LogP contribution in [-0.2, 0) is 4.74 Å².